The van der Waals surface area contributed by atoms with Crippen LogP contribution in [0.5, 0.6) is 5.75 Å². The van der Waals surface area contributed by atoms with Gasteiger partial charge < -0.3 is 9.14 Å². The predicted octanol–water partition coefficient (Wildman–Crippen LogP) is 4.08. The first kappa shape index (κ1) is 12.2. The van der Waals surface area contributed by atoms with Gasteiger partial charge in [-0.05, 0) is 46.6 Å². The Balaban J connectivity index is 2.14. The van der Waals surface area contributed by atoms with Crippen LogP contribution in [-0.2, 0) is 0 Å². The zero-order chi connectivity index (χ0) is 13.4. The molecule has 0 aliphatic rings. The molecule has 3 rings (SSSR count). The molecule has 0 saturated heterocycles. The van der Waals surface area contributed by atoms with Crippen molar-refractivity contribution in [1.29, 1.82) is 0 Å². The smallest absolute Gasteiger partial charge is 0.137 e. The third-order valence-electron chi connectivity index (χ3n) is 3.10. The number of methoxy groups -OCH3 is 1. The second-order valence-corrected chi connectivity index (χ2v) is 5.28. The number of aromatic nitrogens is 2. The fraction of sp³-hybridized carbons (Fsp3) is 0.133. The Bertz CT molecular complexity index is 710. The van der Waals surface area contributed by atoms with Crippen LogP contribution in [0.4, 0.5) is 0 Å². The quantitative estimate of drug-likeness (QED) is 0.712. The molecule has 0 aliphatic heterocycles. The lowest BCUT2D eigenvalue weighted by atomic mass is 10.1. The van der Waals surface area contributed by atoms with Gasteiger partial charge in [0.15, 0.2) is 0 Å². The van der Waals surface area contributed by atoms with E-state index in [4.69, 9.17) is 4.74 Å². The lowest BCUT2D eigenvalue weighted by molar-refractivity contribution is 0.415. The molecule has 96 valence electrons. The molecule has 0 N–H and O–H groups in total. The van der Waals surface area contributed by atoms with Crippen molar-refractivity contribution in [2.45, 2.75) is 6.92 Å². The van der Waals surface area contributed by atoms with E-state index in [1.54, 1.807) is 7.11 Å². The van der Waals surface area contributed by atoms with Crippen molar-refractivity contribution in [1.82, 2.24) is 9.38 Å². The number of pyridine rings is 1. The van der Waals surface area contributed by atoms with Crippen molar-refractivity contribution in [3.63, 3.8) is 0 Å². The van der Waals surface area contributed by atoms with Gasteiger partial charge in [-0.1, -0.05) is 12.1 Å². The lowest BCUT2D eigenvalue weighted by Gasteiger charge is -2.00. The second-order valence-electron chi connectivity index (χ2n) is 4.43. The first-order valence-electron chi connectivity index (χ1n) is 5.96. The molecule has 3 nitrogen and oxygen atoms in total. The molecule has 2 heterocycles. The molecule has 0 bridgehead atoms. The molecule has 0 spiro atoms. The van der Waals surface area contributed by atoms with Gasteiger partial charge in [-0.3, -0.25) is 0 Å². The molecule has 4 heteroatoms. The largest absolute Gasteiger partial charge is 0.497 e. The van der Waals surface area contributed by atoms with Crippen LogP contribution >= 0.6 is 15.9 Å². The normalized spacial score (nSPS) is 10.9. The molecule has 3 aromatic rings. The number of ether oxygens (including phenoxy) is 1. The Kier molecular flexibility index (Phi) is 3.03. The molecule has 0 amide bonds. The summed E-state index contributed by atoms with van der Waals surface area (Å²) >= 11 is 3.54. The van der Waals surface area contributed by atoms with Gasteiger partial charge >= 0.3 is 0 Å². The van der Waals surface area contributed by atoms with Crippen LogP contribution in [0.15, 0.2) is 47.2 Å². The van der Waals surface area contributed by atoms with E-state index in [2.05, 4.69) is 33.9 Å². The first-order chi connectivity index (χ1) is 9.17. The monoisotopic (exact) mass is 316 g/mol. The highest BCUT2D eigenvalue weighted by Gasteiger charge is 2.07. The van der Waals surface area contributed by atoms with Gasteiger partial charge in [-0.25, -0.2) is 4.98 Å². The number of rotatable bonds is 2. The summed E-state index contributed by atoms with van der Waals surface area (Å²) in [4.78, 5) is 4.65. The number of fused-ring (bicyclic) bond motifs is 1. The fourth-order valence-electron chi connectivity index (χ4n) is 2.03. The Hall–Kier alpha value is -1.81. The summed E-state index contributed by atoms with van der Waals surface area (Å²) in [7, 11) is 1.67. The predicted molar refractivity (Wildman–Crippen MR) is 79.6 cm³/mol. The van der Waals surface area contributed by atoms with Crippen molar-refractivity contribution in [3.8, 4) is 17.0 Å². The minimum atomic E-state index is 0.840. The van der Waals surface area contributed by atoms with Gasteiger partial charge in [0.1, 0.15) is 11.4 Å². The van der Waals surface area contributed by atoms with Gasteiger partial charge in [0, 0.05) is 22.4 Å². The van der Waals surface area contributed by atoms with Crippen molar-refractivity contribution in [2.24, 2.45) is 0 Å². The van der Waals surface area contributed by atoms with Gasteiger partial charge in [0.05, 0.1) is 12.8 Å². The molecule has 0 aliphatic carbocycles. The highest BCUT2D eigenvalue weighted by molar-refractivity contribution is 9.10. The van der Waals surface area contributed by atoms with Crippen molar-refractivity contribution in [3.05, 3.63) is 52.8 Å². The van der Waals surface area contributed by atoms with Crippen LogP contribution in [0.1, 0.15) is 5.56 Å². The average Bonchev–Trinajstić information content (AvgIpc) is 2.82. The van der Waals surface area contributed by atoms with Crippen LogP contribution in [0.2, 0.25) is 0 Å². The van der Waals surface area contributed by atoms with E-state index in [-0.39, 0.29) is 0 Å². The number of benzene rings is 1. The zero-order valence-corrected chi connectivity index (χ0v) is 12.3. The Labute approximate surface area is 120 Å². The minimum absolute atomic E-state index is 0.840. The van der Waals surface area contributed by atoms with Crippen molar-refractivity contribution < 1.29 is 4.74 Å². The maximum atomic E-state index is 5.25. The summed E-state index contributed by atoms with van der Waals surface area (Å²) in [6.07, 6.45) is 4.05. The molecular formula is C15H13BrN2O. The molecule has 19 heavy (non-hydrogen) atoms. The number of hydrogen-bond acceptors (Lipinski definition) is 2. The van der Waals surface area contributed by atoms with Gasteiger partial charge in [0.2, 0.25) is 0 Å². The Morgan fingerprint density at radius 1 is 1.21 bits per heavy atom. The highest BCUT2D eigenvalue weighted by Crippen LogP contribution is 2.25. The summed E-state index contributed by atoms with van der Waals surface area (Å²) in [6.45, 7) is 2.06. The minimum Gasteiger partial charge on any atom is -0.497 e. The number of aryl methyl sites for hydroxylation is 1. The summed E-state index contributed by atoms with van der Waals surface area (Å²) in [5.41, 5.74) is 4.11. The Morgan fingerprint density at radius 2 is 2.05 bits per heavy atom. The van der Waals surface area contributed by atoms with E-state index in [0.29, 0.717) is 0 Å². The molecule has 2 aromatic heterocycles. The summed E-state index contributed by atoms with van der Waals surface area (Å²) in [5, 5.41) is 0. The van der Waals surface area contributed by atoms with Crippen LogP contribution in [0.3, 0.4) is 0 Å². The number of hydrogen-bond donors (Lipinski definition) is 0. The van der Waals surface area contributed by atoms with Gasteiger partial charge in [-0.2, -0.15) is 0 Å². The summed E-state index contributed by atoms with van der Waals surface area (Å²) < 4.78 is 8.34. The summed E-state index contributed by atoms with van der Waals surface area (Å²) in [6, 6.07) is 9.99. The fourth-order valence-corrected chi connectivity index (χ4v) is 2.36. The lowest BCUT2D eigenvalue weighted by Crippen LogP contribution is -1.85. The third-order valence-corrected chi connectivity index (χ3v) is 3.93. The molecule has 0 radical (unpaired) electrons. The number of nitrogens with zero attached hydrogens (tertiary/aromatic N) is 2. The molecule has 0 saturated carbocycles. The van der Waals surface area contributed by atoms with Crippen LogP contribution in [0, 0.1) is 6.92 Å². The third kappa shape index (κ3) is 2.24. The molecule has 1 aromatic carbocycles. The standard InChI is InChI=1S/C15H13BrN2O/c1-10-6-15-17-14(9-18(15)8-13(10)16)11-4-3-5-12(7-11)19-2/h3-9H,1-2H3. The molecule has 0 atom stereocenters. The van der Waals surface area contributed by atoms with Crippen LogP contribution in [0.25, 0.3) is 16.9 Å². The van der Waals surface area contributed by atoms with Crippen LogP contribution in [-0.4, -0.2) is 16.5 Å². The zero-order valence-electron chi connectivity index (χ0n) is 10.7. The first-order valence-corrected chi connectivity index (χ1v) is 6.76. The SMILES string of the molecule is COc1cccc(-c2cn3cc(Br)c(C)cc3n2)c1. The van der Waals surface area contributed by atoms with E-state index in [9.17, 15) is 0 Å². The highest BCUT2D eigenvalue weighted by atomic mass is 79.9. The topological polar surface area (TPSA) is 26.5 Å². The van der Waals surface area contributed by atoms with Crippen LogP contribution < -0.4 is 4.74 Å². The second kappa shape index (κ2) is 4.70. The van der Waals surface area contributed by atoms with E-state index in [1.165, 1.54) is 5.56 Å². The van der Waals surface area contributed by atoms with E-state index in [0.717, 1.165) is 27.1 Å². The molecular weight excluding hydrogens is 304 g/mol. The Morgan fingerprint density at radius 3 is 2.84 bits per heavy atom. The number of halogens is 1. The van der Waals surface area contributed by atoms with Gasteiger partial charge in [0.25, 0.3) is 0 Å². The number of imidazole rings is 1. The van der Waals surface area contributed by atoms with E-state index in [1.807, 2.05) is 41.1 Å². The maximum Gasteiger partial charge on any atom is 0.137 e. The van der Waals surface area contributed by atoms with Crippen molar-refractivity contribution >= 4 is 21.6 Å². The average molecular weight is 317 g/mol. The summed E-state index contributed by atoms with van der Waals surface area (Å²) in [5.74, 6) is 0.840. The molecule has 0 unspecified atom stereocenters. The van der Waals surface area contributed by atoms with E-state index >= 15 is 0 Å². The molecule has 0 fully saturated rings. The maximum absolute atomic E-state index is 5.25. The van der Waals surface area contributed by atoms with Gasteiger partial charge in [-0.15, -0.1) is 0 Å². The van der Waals surface area contributed by atoms with E-state index < -0.39 is 0 Å². The van der Waals surface area contributed by atoms with Crippen molar-refractivity contribution in [2.75, 3.05) is 7.11 Å².